The lowest BCUT2D eigenvalue weighted by Gasteiger charge is -2.10. The minimum absolute atomic E-state index is 0.0668. The average Bonchev–Trinajstić information content (AvgIpc) is 2.15. The van der Waals surface area contributed by atoms with Crippen LogP contribution in [-0.2, 0) is 9.59 Å². The van der Waals surface area contributed by atoms with Crippen LogP contribution in [0.5, 0.6) is 0 Å². The number of aliphatic carboxylic acids is 1. The zero-order valence-electron chi connectivity index (χ0n) is 6.67. The molecular weight excluding hydrogens is 160 g/mol. The third kappa shape index (κ3) is 2.87. The van der Waals surface area contributed by atoms with Crippen LogP contribution in [0, 0.1) is 0 Å². The van der Waals surface area contributed by atoms with Gasteiger partial charge in [-0.2, -0.15) is 0 Å². The maximum atomic E-state index is 10.8. The van der Waals surface area contributed by atoms with Gasteiger partial charge in [0.1, 0.15) is 0 Å². The Morgan fingerprint density at radius 3 is 3.08 bits per heavy atom. The van der Waals surface area contributed by atoms with Crippen LogP contribution in [0.3, 0.4) is 0 Å². The van der Waals surface area contributed by atoms with E-state index in [1.165, 1.54) is 0 Å². The summed E-state index contributed by atoms with van der Waals surface area (Å²) in [5, 5.41) is 14.0. The molecule has 0 aromatic rings. The van der Waals surface area contributed by atoms with Gasteiger partial charge in [-0.05, 0) is 6.42 Å². The van der Waals surface area contributed by atoms with E-state index >= 15 is 0 Å². The molecule has 1 saturated heterocycles. The fourth-order valence-corrected chi connectivity index (χ4v) is 1.17. The van der Waals surface area contributed by atoms with Crippen molar-refractivity contribution >= 4 is 11.9 Å². The molecule has 1 rings (SSSR count). The van der Waals surface area contributed by atoms with Crippen molar-refractivity contribution in [3.63, 3.8) is 0 Å². The summed E-state index contributed by atoms with van der Waals surface area (Å²) in [6.45, 7) is 0.779. The van der Waals surface area contributed by atoms with Gasteiger partial charge in [0.15, 0.2) is 0 Å². The molecule has 0 aromatic carbocycles. The van der Waals surface area contributed by atoms with Gasteiger partial charge >= 0.3 is 5.97 Å². The Hall–Kier alpha value is -1.10. The second-order valence-electron chi connectivity index (χ2n) is 2.81. The molecule has 1 heterocycles. The maximum Gasteiger partial charge on any atom is 0.304 e. The number of carboxylic acids is 1. The van der Waals surface area contributed by atoms with Crippen molar-refractivity contribution in [2.75, 3.05) is 13.1 Å². The highest BCUT2D eigenvalue weighted by Crippen LogP contribution is 1.99. The van der Waals surface area contributed by atoms with E-state index in [9.17, 15) is 9.59 Å². The lowest BCUT2D eigenvalue weighted by molar-refractivity contribution is -0.137. The zero-order valence-corrected chi connectivity index (χ0v) is 6.67. The zero-order chi connectivity index (χ0) is 8.97. The SMILES string of the molecule is O=C(O)CC1CCNC(=O)CN1. The third-order valence-corrected chi connectivity index (χ3v) is 1.79. The van der Waals surface area contributed by atoms with Gasteiger partial charge in [0.2, 0.25) is 5.91 Å². The second-order valence-corrected chi connectivity index (χ2v) is 2.81. The Morgan fingerprint density at radius 2 is 2.42 bits per heavy atom. The molecule has 0 spiro atoms. The molecule has 1 atom stereocenters. The molecule has 0 saturated carbocycles. The molecule has 68 valence electrons. The van der Waals surface area contributed by atoms with E-state index < -0.39 is 5.97 Å². The smallest absolute Gasteiger partial charge is 0.304 e. The Morgan fingerprint density at radius 1 is 1.67 bits per heavy atom. The van der Waals surface area contributed by atoms with Gasteiger partial charge < -0.3 is 15.7 Å². The van der Waals surface area contributed by atoms with Crippen LogP contribution in [0.15, 0.2) is 0 Å². The molecule has 1 amide bonds. The highest BCUT2D eigenvalue weighted by Gasteiger charge is 2.16. The first-order valence-corrected chi connectivity index (χ1v) is 3.90. The number of nitrogens with one attached hydrogen (secondary N) is 2. The summed E-state index contributed by atoms with van der Waals surface area (Å²) >= 11 is 0. The van der Waals surface area contributed by atoms with Crippen LogP contribution in [0.2, 0.25) is 0 Å². The number of amides is 1. The fourth-order valence-electron chi connectivity index (χ4n) is 1.17. The molecule has 1 unspecified atom stereocenters. The average molecular weight is 172 g/mol. The maximum absolute atomic E-state index is 10.8. The lowest BCUT2D eigenvalue weighted by Crippen LogP contribution is -2.34. The normalized spacial score (nSPS) is 24.3. The Labute approximate surface area is 70.1 Å². The number of hydrogen-bond donors (Lipinski definition) is 3. The molecule has 1 aliphatic rings. The molecule has 0 bridgehead atoms. The van der Waals surface area contributed by atoms with E-state index in [2.05, 4.69) is 10.6 Å². The Balaban J connectivity index is 2.35. The van der Waals surface area contributed by atoms with Gasteiger partial charge in [-0.15, -0.1) is 0 Å². The fraction of sp³-hybridized carbons (Fsp3) is 0.714. The van der Waals surface area contributed by atoms with Gasteiger partial charge in [-0.25, -0.2) is 0 Å². The number of rotatable bonds is 2. The Bertz CT molecular complexity index is 193. The molecule has 12 heavy (non-hydrogen) atoms. The summed E-state index contributed by atoms with van der Waals surface area (Å²) in [5.41, 5.74) is 0. The monoisotopic (exact) mass is 172 g/mol. The first-order valence-electron chi connectivity index (χ1n) is 3.90. The van der Waals surface area contributed by atoms with E-state index in [4.69, 9.17) is 5.11 Å². The first kappa shape index (κ1) is 8.99. The largest absolute Gasteiger partial charge is 0.481 e. The van der Waals surface area contributed by atoms with Crippen LogP contribution in [0.4, 0.5) is 0 Å². The van der Waals surface area contributed by atoms with Gasteiger partial charge in [-0.3, -0.25) is 9.59 Å². The number of hydrogen-bond acceptors (Lipinski definition) is 3. The van der Waals surface area contributed by atoms with Crippen LogP contribution >= 0.6 is 0 Å². The number of carboxylic acid groups (broad SMARTS) is 1. The van der Waals surface area contributed by atoms with E-state index in [-0.39, 0.29) is 24.9 Å². The molecule has 3 N–H and O–H groups in total. The van der Waals surface area contributed by atoms with Crippen molar-refractivity contribution in [2.45, 2.75) is 18.9 Å². The van der Waals surface area contributed by atoms with Gasteiger partial charge in [0, 0.05) is 12.6 Å². The van der Waals surface area contributed by atoms with Crippen molar-refractivity contribution in [3.05, 3.63) is 0 Å². The minimum Gasteiger partial charge on any atom is -0.481 e. The van der Waals surface area contributed by atoms with Crippen molar-refractivity contribution in [3.8, 4) is 0 Å². The standard InChI is InChI=1S/C7H12N2O3/c10-6-4-9-5(1-2-8-6)3-7(11)12/h5,9H,1-4H2,(H,8,10)(H,11,12). The molecule has 5 nitrogen and oxygen atoms in total. The Kier molecular flexibility index (Phi) is 3.04. The van der Waals surface area contributed by atoms with Gasteiger partial charge in [-0.1, -0.05) is 0 Å². The highest BCUT2D eigenvalue weighted by atomic mass is 16.4. The van der Waals surface area contributed by atoms with Gasteiger partial charge in [0.05, 0.1) is 13.0 Å². The molecule has 5 heteroatoms. The van der Waals surface area contributed by atoms with E-state index in [1.54, 1.807) is 0 Å². The topological polar surface area (TPSA) is 78.4 Å². The predicted molar refractivity (Wildman–Crippen MR) is 41.7 cm³/mol. The van der Waals surface area contributed by atoms with Gasteiger partial charge in [0.25, 0.3) is 0 Å². The quantitative estimate of drug-likeness (QED) is 0.496. The summed E-state index contributed by atoms with van der Waals surface area (Å²) in [7, 11) is 0. The highest BCUT2D eigenvalue weighted by molar-refractivity contribution is 5.78. The van der Waals surface area contributed by atoms with E-state index in [0.717, 1.165) is 0 Å². The van der Waals surface area contributed by atoms with Crippen molar-refractivity contribution in [2.24, 2.45) is 0 Å². The summed E-state index contributed by atoms with van der Waals surface area (Å²) < 4.78 is 0. The summed E-state index contributed by atoms with van der Waals surface area (Å²) in [6.07, 6.45) is 0.757. The molecular formula is C7H12N2O3. The van der Waals surface area contributed by atoms with Crippen molar-refractivity contribution < 1.29 is 14.7 Å². The molecule has 0 aromatic heterocycles. The third-order valence-electron chi connectivity index (χ3n) is 1.79. The second kappa shape index (κ2) is 4.06. The predicted octanol–water partition coefficient (Wildman–Crippen LogP) is -1.06. The van der Waals surface area contributed by atoms with E-state index in [0.29, 0.717) is 13.0 Å². The molecule has 0 radical (unpaired) electrons. The summed E-state index contributed by atoms with van der Waals surface area (Å²) in [6, 6.07) is -0.0820. The number of carbonyl (C=O) groups excluding carboxylic acids is 1. The number of carbonyl (C=O) groups is 2. The van der Waals surface area contributed by atoms with Crippen molar-refractivity contribution in [1.29, 1.82) is 0 Å². The molecule has 0 aliphatic carbocycles. The molecule has 1 aliphatic heterocycles. The lowest BCUT2D eigenvalue weighted by atomic mass is 10.1. The van der Waals surface area contributed by atoms with E-state index in [1.807, 2.05) is 0 Å². The van der Waals surface area contributed by atoms with Crippen LogP contribution in [-0.4, -0.2) is 36.1 Å². The molecule has 1 fully saturated rings. The van der Waals surface area contributed by atoms with Crippen molar-refractivity contribution in [1.82, 2.24) is 10.6 Å². The van der Waals surface area contributed by atoms with Crippen LogP contribution in [0.25, 0.3) is 0 Å². The first-order chi connectivity index (χ1) is 5.68. The van der Waals surface area contributed by atoms with Crippen LogP contribution < -0.4 is 10.6 Å². The van der Waals surface area contributed by atoms with Crippen LogP contribution in [0.1, 0.15) is 12.8 Å². The minimum atomic E-state index is -0.832. The summed E-state index contributed by atoms with van der Waals surface area (Å²) in [5.74, 6) is -0.898. The summed E-state index contributed by atoms with van der Waals surface area (Å²) in [4.78, 5) is 21.1.